The van der Waals surface area contributed by atoms with Crippen LogP contribution < -0.4 is 9.64 Å². The summed E-state index contributed by atoms with van der Waals surface area (Å²) in [6.07, 6.45) is -3.00. The van der Waals surface area contributed by atoms with Gasteiger partial charge in [0.05, 0.1) is 30.3 Å². The summed E-state index contributed by atoms with van der Waals surface area (Å²) in [6, 6.07) is 18.5. The number of anilines is 1. The van der Waals surface area contributed by atoms with Crippen molar-refractivity contribution in [2.75, 3.05) is 25.7 Å². The summed E-state index contributed by atoms with van der Waals surface area (Å²) >= 11 is 0. The van der Waals surface area contributed by atoms with Crippen molar-refractivity contribution in [1.82, 2.24) is 0 Å². The zero-order valence-corrected chi connectivity index (χ0v) is 22.5. The largest absolute Gasteiger partial charge is 0.457 e. The third kappa shape index (κ3) is 7.92. The average molecular weight is 555 g/mol. The zero-order valence-electron chi connectivity index (χ0n) is 22.5. The molecule has 0 aliphatic carbocycles. The van der Waals surface area contributed by atoms with Crippen molar-refractivity contribution in [3.63, 3.8) is 0 Å². The molecule has 0 N–H and O–H groups in total. The summed E-state index contributed by atoms with van der Waals surface area (Å²) < 4.78 is 49.5. The van der Waals surface area contributed by atoms with Gasteiger partial charge in [-0.3, -0.25) is 4.90 Å². The number of carbonyl (C=O) groups is 1. The molecule has 0 fully saturated rings. The van der Waals surface area contributed by atoms with Crippen molar-refractivity contribution in [3.8, 4) is 11.5 Å². The molecule has 0 saturated carbocycles. The standard InChI is InChI=1S/C29H29F3N4O4/c1-5-25(34-33-19-21-10-7-8-13-26(21)36(3)28(37)38-4)27(35-39-6-2)20-14-16-23(17-15-20)40-24-12-9-11-22(18-24)29(30,31)32/h7-19H,5-6H2,1-4H3. The Bertz CT molecular complexity index is 1390. The Kier molecular flexibility index (Phi) is 10.4. The molecule has 0 spiro atoms. The van der Waals surface area contributed by atoms with Crippen LogP contribution >= 0.6 is 0 Å². The second-order valence-corrected chi connectivity index (χ2v) is 8.24. The molecule has 11 heteroatoms. The molecule has 0 unspecified atom stereocenters. The molecular formula is C29H29F3N4O4. The lowest BCUT2D eigenvalue weighted by Gasteiger charge is -2.17. The zero-order chi connectivity index (χ0) is 29.1. The number of benzene rings is 3. The minimum atomic E-state index is -4.47. The van der Waals surface area contributed by atoms with Gasteiger partial charge < -0.3 is 14.3 Å². The number of amides is 1. The molecule has 3 rings (SSSR count). The summed E-state index contributed by atoms with van der Waals surface area (Å²) in [4.78, 5) is 18.6. The monoisotopic (exact) mass is 554 g/mol. The summed E-state index contributed by atoms with van der Waals surface area (Å²) in [5.41, 5.74) is 2.05. The lowest BCUT2D eigenvalue weighted by atomic mass is 10.0. The van der Waals surface area contributed by atoms with E-state index in [-0.39, 0.29) is 5.75 Å². The molecule has 0 aliphatic rings. The number of rotatable bonds is 10. The Balaban J connectivity index is 1.85. The van der Waals surface area contributed by atoms with Gasteiger partial charge >= 0.3 is 12.3 Å². The molecule has 0 bridgehead atoms. The van der Waals surface area contributed by atoms with E-state index >= 15 is 0 Å². The third-order valence-corrected chi connectivity index (χ3v) is 5.54. The number of ether oxygens (including phenoxy) is 2. The summed E-state index contributed by atoms with van der Waals surface area (Å²) in [5.74, 6) is 0.409. The van der Waals surface area contributed by atoms with Gasteiger partial charge in [-0.1, -0.05) is 36.3 Å². The highest BCUT2D eigenvalue weighted by atomic mass is 19.4. The van der Waals surface area contributed by atoms with Gasteiger partial charge in [-0.2, -0.15) is 23.4 Å². The normalized spacial score (nSPS) is 12.4. The van der Waals surface area contributed by atoms with Crippen LogP contribution in [-0.4, -0.2) is 44.5 Å². The number of para-hydroxylation sites is 1. The maximum absolute atomic E-state index is 13.0. The maximum atomic E-state index is 13.0. The van der Waals surface area contributed by atoms with E-state index in [0.717, 1.165) is 12.1 Å². The van der Waals surface area contributed by atoms with Crippen molar-refractivity contribution in [1.29, 1.82) is 0 Å². The molecule has 0 radical (unpaired) electrons. The second kappa shape index (κ2) is 13.9. The molecule has 3 aromatic carbocycles. The first kappa shape index (κ1) is 29.9. The number of hydrogen-bond acceptors (Lipinski definition) is 7. The van der Waals surface area contributed by atoms with Crippen LogP contribution in [0.4, 0.5) is 23.7 Å². The Morgan fingerprint density at radius 3 is 2.35 bits per heavy atom. The van der Waals surface area contributed by atoms with Crippen LogP contribution in [0.3, 0.4) is 0 Å². The molecule has 210 valence electrons. The Morgan fingerprint density at radius 2 is 1.70 bits per heavy atom. The Hall–Kier alpha value is -4.67. The molecule has 0 saturated heterocycles. The first-order valence-electron chi connectivity index (χ1n) is 12.3. The van der Waals surface area contributed by atoms with Gasteiger partial charge in [-0.05, 0) is 61.9 Å². The van der Waals surface area contributed by atoms with E-state index in [4.69, 9.17) is 14.3 Å². The van der Waals surface area contributed by atoms with Gasteiger partial charge in [0.1, 0.15) is 23.8 Å². The summed E-state index contributed by atoms with van der Waals surface area (Å²) in [5, 5.41) is 12.8. The SMILES string of the molecule is CCON=C(C(CC)=NN=Cc1ccccc1N(C)C(=O)OC)c1ccc(Oc2cccc(C(F)(F)F)c2)cc1. The molecular weight excluding hydrogens is 525 g/mol. The van der Waals surface area contributed by atoms with E-state index in [1.165, 1.54) is 30.4 Å². The first-order chi connectivity index (χ1) is 19.2. The molecule has 40 heavy (non-hydrogen) atoms. The maximum Gasteiger partial charge on any atom is 0.416 e. The fourth-order valence-corrected chi connectivity index (χ4v) is 3.54. The van der Waals surface area contributed by atoms with Gasteiger partial charge in [0, 0.05) is 18.2 Å². The van der Waals surface area contributed by atoms with E-state index in [9.17, 15) is 18.0 Å². The van der Waals surface area contributed by atoms with E-state index in [0.29, 0.717) is 47.0 Å². The minimum Gasteiger partial charge on any atom is -0.457 e. The molecule has 1 amide bonds. The van der Waals surface area contributed by atoms with E-state index in [1.807, 2.05) is 13.0 Å². The van der Waals surface area contributed by atoms with E-state index in [2.05, 4.69) is 15.4 Å². The lowest BCUT2D eigenvalue weighted by Crippen LogP contribution is -2.26. The Morgan fingerprint density at radius 1 is 0.975 bits per heavy atom. The fourth-order valence-electron chi connectivity index (χ4n) is 3.54. The molecule has 0 aromatic heterocycles. The minimum absolute atomic E-state index is 0.0639. The summed E-state index contributed by atoms with van der Waals surface area (Å²) in [6.45, 7) is 4.01. The van der Waals surface area contributed by atoms with Gasteiger partial charge in [-0.15, -0.1) is 0 Å². The first-order valence-corrected chi connectivity index (χ1v) is 12.3. The van der Waals surface area contributed by atoms with Crippen LogP contribution in [0, 0.1) is 0 Å². The van der Waals surface area contributed by atoms with Gasteiger partial charge in [0.25, 0.3) is 0 Å². The average Bonchev–Trinajstić information content (AvgIpc) is 2.96. The highest BCUT2D eigenvalue weighted by molar-refractivity contribution is 6.48. The summed E-state index contributed by atoms with van der Waals surface area (Å²) in [7, 11) is 2.89. The van der Waals surface area contributed by atoms with Crippen LogP contribution in [-0.2, 0) is 15.8 Å². The third-order valence-electron chi connectivity index (χ3n) is 5.54. The van der Waals surface area contributed by atoms with Crippen LogP contribution in [0.15, 0.2) is 88.2 Å². The highest BCUT2D eigenvalue weighted by Gasteiger charge is 2.30. The van der Waals surface area contributed by atoms with Gasteiger partial charge in [0.2, 0.25) is 0 Å². The quantitative estimate of drug-likeness (QED) is 0.194. The number of oxime groups is 1. The van der Waals surface area contributed by atoms with Crippen LogP contribution in [0.25, 0.3) is 0 Å². The number of halogens is 3. The lowest BCUT2D eigenvalue weighted by molar-refractivity contribution is -0.137. The molecule has 0 heterocycles. The molecule has 0 aliphatic heterocycles. The number of methoxy groups -OCH3 is 1. The van der Waals surface area contributed by atoms with Crippen molar-refractivity contribution in [3.05, 3.63) is 89.5 Å². The number of nitrogens with zero attached hydrogens (tertiary/aromatic N) is 4. The van der Waals surface area contributed by atoms with E-state index < -0.39 is 17.8 Å². The van der Waals surface area contributed by atoms with Gasteiger partial charge in [0.15, 0.2) is 0 Å². The van der Waals surface area contributed by atoms with Crippen LogP contribution in [0.2, 0.25) is 0 Å². The number of alkyl halides is 3. The fraction of sp³-hybridized carbons (Fsp3) is 0.241. The molecule has 3 aromatic rings. The van der Waals surface area contributed by atoms with Crippen molar-refractivity contribution in [2.45, 2.75) is 26.4 Å². The molecule has 0 atom stereocenters. The van der Waals surface area contributed by atoms with Crippen molar-refractivity contribution in [2.24, 2.45) is 15.4 Å². The smallest absolute Gasteiger partial charge is 0.416 e. The molecule has 8 nitrogen and oxygen atoms in total. The van der Waals surface area contributed by atoms with Crippen molar-refractivity contribution < 1.29 is 32.3 Å². The number of hydrogen-bond donors (Lipinski definition) is 0. The van der Waals surface area contributed by atoms with Crippen LogP contribution in [0.1, 0.15) is 37.0 Å². The Labute approximate surface area is 230 Å². The topological polar surface area (TPSA) is 85.1 Å². The van der Waals surface area contributed by atoms with Gasteiger partial charge in [-0.25, -0.2) is 4.79 Å². The van der Waals surface area contributed by atoms with Crippen molar-refractivity contribution >= 4 is 29.4 Å². The van der Waals surface area contributed by atoms with E-state index in [1.54, 1.807) is 56.4 Å². The predicted octanol–water partition coefficient (Wildman–Crippen LogP) is 7.33. The second-order valence-electron chi connectivity index (χ2n) is 8.24. The predicted molar refractivity (Wildman–Crippen MR) is 149 cm³/mol. The van der Waals surface area contributed by atoms with Crippen LogP contribution in [0.5, 0.6) is 11.5 Å². The number of carbonyl (C=O) groups excluding carboxylic acids is 1. The highest BCUT2D eigenvalue weighted by Crippen LogP contribution is 2.32.